The molecule has 18 heavy (non-hydrogen) atoms. The van der Waals surface area contributed by atoms with Crippen molar-refractivity contribution in [3.63, 3.8) is 0 Å². The molecule has 0 unspecified atom stereocenters. The van der Waals surface area contributed by atoms with E-state index in [9.17, 15) is 0 Å². The number of nitrogens with zero attached hydrogens (tertiary/aromatic N) is 1. The average Bonchev–Trinajstić information content (AvgIpc) is 2.41. The minimum absolute atomic E-state index is 0.599. The fourth-order valence-electron chi connectivity index (χ4n) is 3.49. The lowest BCUT2D eigenvalue weighted by Gasteiger charge is -2.42. The molecule has 2 rings (SSSR count). The third-order valence-electron chi connectivity index (χ3n) is 4.52. The van der Waals surface area contributed by atoms with Crippen LogP contribution in [0.3, 0.4) is 0 Å². The van der Waals surface area contributed by atoms with Crippen LogP contribution in [0.15, 0.2) is 30.3 Å². The molecule has 1 heterocycles. The van der Waals surface area contributed by atoms with E-state index in [2.05, 4.69) is 49.1 Å². The molecule has 1 nitrogen and oxygen atoms in total. The molecule has 0 amide bonds. The van der Waals surface area contributed by atoms with E-state index in [4.69, 9.17) is 0 Å². The summed E-state index contributed by atoms with van der Waals surface area (Å²) in [5, 5.41) is 0. The van der Waals surface area contributed by atoms with Gasteiger partial charge in [-0.1, -0.05) is 50.6 Å². The van der Waals surface area contributed by atoms with E-state index in [0.717, 1.165) is 6.54 Å². The predicted molar refractivity (Wildman–Crippen MR) is 78.6 cm³/mol. The van der Waals surface area contributed by atoms with Crippen LogP contribution >= 0.6 is 0 Å². The van der Waals surface area contributed by atoms with Gasteiger partial charge < -0.3 is 0 Å². The molecule has 0 bridgehead atoms. The first-order chi connectivity index (χ1) is 8.78. The fourth-order valence-corrected chi connectivity index (χ4v) is 3.49. The second-order valence-electron chi connectivity index (χ2n) is 5.90. The van der Waals surface area contributed by atoms with Crippen molar-refractivity contribution in [3.8, 4) is 0 Å². The Kier molecular flexibility index (Phi) is 4.82. The summed E-state index contributed by atoms with van der Waals surface area (Å²) in [6.07, 6.45) is 6.87. The Bertz CT molecular complexity index is 342. The molecule has 0 radical (unpaired) electrons. The van der Waals surface area contributed by atoms with E-state index in [1.54, 1.807) is 0 Å². The highest BCUT2D eigenvalue weighted by molar-refractivity contribution is 5.14. The first kappa shape index (κ1) is 13.6. The summed E-state index contributed by atoms with van der Waals surface area (Å²) in [6, 6.07) is 10.9. The van der Waals surface area contributed by atoms with Crippen LogP contribution in [-0.4, -0.2) is 18.0 Å². The van der Waals surface area contributed by atoms with E-state index in [1.165, 1.54) is 50.8 Å². The van der Waals surface area contributed by atoms with Crippen LogP contribution in [0.2, 0.25) is 0 Å². The summed E-state index contributed by atoms with van der Waals surface area (Å²) in [5.41, 5.74) is 2.06. The zero-order valence-corrected chi connectivity index (χ0v) is 12.0. The minimum atomic E-state index is 0.599. The van der Waals surface area contributed by atoms with Crippen molar-refractivity contribution >= 4 is 0 Å². The summed E-state index contributed by atoms with van der Waals surface area (Å²) in [4.78, 5) is 2.66. The van der Waals surface area contributed by atoms with Crippen LogP contribution in [0.1, 0.15) is 51.5 Å². The molecule has 0 saturated carbocycles. The summed E-state index contributed by atoms with van der Waals surface area (Å²) >= 11 is 0. The van der Waals surface area contributed by atoms with Gasteiger partial charge in [-0.05, 0) is 43.2 Å². The van der Waals surface area contributed by atoms with Crippen LogP contribution in [0.4, 0.5) is 0 Å². The molecule has 0 N–H and O–H groups in total. The zero-order chi connectivity index (χ0) is 12.8. The van der Waals surface area contributed by atoms with Crippen LogP contribution in [-0.2, 0) is 6.54 Å². The Morgan fingerprint density at radius 3 is 2.61 bits per heavy atom. The molecule has 1 fully saturated rings. The second-order valence-corrected chi connectivity index (χ2v) is 5.90. The van der Waals surface area contributed by atoms with Gasteiger partial charge in [-0.3, -0.25) is 4.90 Å². The number of rotatable bonds is 5. The van der Waals surface area contributed by atoms with Crippen molar-refractivity contribution in [3.05, 3.63) is 35.9 Å². The van der Waals surface area contributed by atoms with E-state index < -0.39 is 0 Å². The van der Waals surface area contributed by atoms with Gasteiger partial charge in [0.25, 0.3) is 0 Å². The Balaban J connectivity index is 1.98. The lowest BCUT2D eigenvalue weighted by atomic mass is 9.74. The zero-order valence-electron chi connectivity index (χ0n) is 12.0. The van der Waals surface area contributed by atoms with Gasteiger partial charge in [0.05, 0.1) is 0 Å². The standard InChI is InChI=1S/C17H27N/c1-3-11-17(4-2)12-8-13-18(15-17)14-16-9-6-5-7-10-16/h5-7,9-10H,3-4,8,11-15H2,1-2H3/t17-/m1/s1. The van der Waals surface area contributed by atoms with E-state index in [-0.39, 0.29) is 0 Å². The van der Waals surface area contributed by atoms with Crippen molar-refractivity contribution in [1.82, 2.24) is 4.90 Å². The molecule has 0 aliphatic carbocycles. The lowest BCUT2D eigenvalue weighted by molar-refractivity contribution is 0.0702. The van der Waals surface area contributed by atoms with Crippen molar-refractivity contribution < 1.29 is 0 Å². The Morgan fingerprint density at radius 2 is 1.94 bits per heavy atom. The fraction of sp³-hybridized carbons (Fsp3) is 0.647. The SMILES string of the molecule is CCC[C@]1(CC)CCCN(Cc2ccccc2)C1. The predicted octanol–water partition coefficient (Wildman–Crippen LogP) is 4.48. The highest BCUT2D eigenvalue weighted by atomic mass is 15.1. The highest BCUT2D eigenvalue weighted by Gasteiger charge is 2.32. The van der Waals surface area contributed by atoms with E-state index in [0.29, 0.717) is 5.41 Å². The average molecular weight is 245 g/mol. The van der Waals surface area contributed by atoms with Gasteiger partial charge >= 0.3 is 0 Å². The molecular formula is C17H27N. The summed E-state index contributed by atoms with van der Waals surface area (Å²) in [7, 11) is 0. The Labute approximate surface area is 112 Å². The third-order valence-corrected chi connectivity index (χ3v) is 4.52. The van der Waals surface area contributed by atoms with Gasteiger partial charge in [0, 0.05) is 13.1 Å². The lowest BCUT2D eigenvalue weighted by Crippen LogP contribution is -2.42. The number of likely N-dealkylation sites (tertiary alicyclic amines) is 1. The maximum atomic E-state index is 2.66. The van der Waals surface area contributed by atoms with Crippen molar-refractivity contribution in [2.24, 2.45) is 5.41 Å². The number of benzene rings is 1. The molecule has 0 aromatic heterocycles. The molecule has 1 heteroatoms. The van der Waals surface area contributed by atoms with Crippen molar-refractivity contribution in [1.29, 1.82) is 0 Å². The van der Waals surface area contributed by atoms with Gasteiger partial charge in [-0.15, -0.1) is 0 Å². The largest absolute Gasteiger partial charge is 0.299 e. The van der Waals surface area contributed by atoms with Gasteiger partial charge in [-0.25, -0.2) is 0 Å². The van der Waals surface area contributed by atoms with Crippen LogP contribution in [0.5, 0.6) is 0 Å². The minimum Gasteiger partial charge on any atom is -0.299 e. The molecule has 1 aliphatic rings. The molecule has 0 spiro atoms. The summed E-state index contributed by atoms with van der Waals surface area (Å²) in [6.45, 7) is 8.41. The quantitative estimate of drug-likeness (QED) is 0.739. The van der Waals surface area contributed by atoms with Gasteiger partial charge in [0.15, 0.2) is 0 Å². The van der Waals surface area contributed by atoms with Gasteiger partial charge in [0.1, 0.15) is 0 Å². The highest BCUT2D eigenvalue weighted by Crippen LogP contribution is 2.38. The second kappa shape index (κ2) is 6.38. The Morgan fingerprint density at radius 1 is 1.17 bits per heavy atom. The van der Waals surface area contributed by atoms with Gasteiger partial charge in [-0.2, -0.15) is 0 Å². The summed E-state index contributed by atoms with van der Waals surface area (Å²) in [5.74, 6) is 0. The summed E-state index contributed by atoms with van der Waals surface area (Å²) < 4.78 is 0. The van der Waals surface area contributed by atoms with E-state index >= 15 is 0 Å². The molecule has 100 valence electrons. The maximum Gasteiger partial charge on any atom is 0.0233 e. The molecular weight excluding hydrogens is 218 g/mol. The molecule has 1 saturated heterocycles. The topological polar surface area (TPSA) is 3.24 Å². The van der Waals surface area contributed by atoms with Crippen LogP contribution < -0.4 is 0 Å². The van der Waals surface area contributed by atoms with Gasteiger partial charge in [0.2, 0.25) is 0 Å². The normalized spacial score (nSPS) is 25.2. The molecule has 1 aliphatic heterocycles. The first-order valence-electron chi connectivity index (χ1n) is 7.54. The van der Waals surface area contributed by atoms with E-state index in [1.807, 2.05) is 0 Å². The maximum absolute atomic E-state index is 2.66. The van der Waals surface area contributed by atoms with Crippen LogP contribution in [0.25, 0.3) is 0 Å². The van der Waals surface area contributed by atoms with Crippen molar-refractivity contribution in [2.75, 3.05) is 13.1 Å². The molecule has 1 aromatic carbocycles. The van der Waals surface area contributed by atoms with Crippen molar-refractivity contribution in [2.45, 2.75) is 52.5 Å². The molecule has 1 aromatic rings. The third kappa shape index (κ3) is 3.35. The smallest absolute Gasteiger partial charge is 0.0233 e. The Hall–Kier alpha value is -0.820. The first-order valence-corrected chi connectivity index (χ1v) is 7.54. The van der Waals surface area contributed by atoms with Crippen LogP contribution in [0, 0.1) is 5.41 Å². The number of hydrogen-bond donors (Lipinski definition) is 0. The molecule has 1 atom stereocenters. The number of hydrogen-bond acceptors (Lipinski definition) is 1. The number of piperidine rings is 1. The monoisotopic (exact) mass is 245 g/mol.